The quantitative estimate of drug-likeness (QED) is 0.857. The van der Waals surface area contributed by atoms with Gasteiger partial charge in [0.1, 0.15) is 0 Å². The highest BCUT2D eigenvalue weighted by atomic mass is 16.5. The molecule has 2 aliphatic rings. The Morgan fingerprint density at radius 1 is 1.41 bits per heavy atom. The predicted molar refractivity (Wildman–Crippen MR) is 84.3 cm³/mol. The first-order chi connectivity index (χ1) is 10.8. The maximum atomic E-state index is 9.06. The van der Waals surface area contributed by atoms with Crippen LogP contribution in [-0.4, -0.2) is 43.9 Å². The van der Waals surface area contributed by atoms with Crippen LogP contribution >= 0.6 is 0 Å². The fourth-order valence-electron chi connectivity index (χ4n) is 3.91. The molecule has 1 heterocycles. The van der Waals surface area contributed by atoms with E-state index in [1.807, 2.05) is 25.3 Å². The number of hydrogen-bond donors (Lipinski definition) is 0. The summed E-state index contributed by atoms with van der Waals surface area (Å²) in [6.07, 6.45) is 3.99. The van der Waals surface area contributed by atoms with Crippen molar-refractivity contribution >= 4 is 0 Å². The van der Waals surface area contributed by atoms with Gasteiger partial charge in [0, 0.05) is 32.2 Å². The maximum absolute atomic E-state index is 9.06. The van der Waals surface area contributed by atoms with Crippen molar-refractivity contribution < 1.29 is 9.47 Å². The lowest BCUT2D eigenvalue weighted by Crippen LogP contribution is -2.50. The van der Waals surface area contributed by atoms with Crippen LogP contribution in [0.1, 0.15) is 30.4 Å². The van der Waals surface area contributed by atoms with Crippen LogP contribution in [0.3, 0.4) is 0 Å². The number of morpholine rings is 1. The van der Waals surface area contributed by atoms with E-state index in [0.717, 1.165) is 38.3 Å². The maximum Gasteiger partial charge on any atom is 0.0991 e. The Bertz CT molecular complexity index is 540. The Labute approximate surface area is 132 Å². The van der Waals surface area contributed by atoms with Crippen molar-refractivity contribution in [1.29, 1.82) is 5.26 Å². The molecule has 1 aliphatic carbocycles. The standard InChI is InChI=1S/C18H24N2O2/c1-21-18-7-3-6-16(18)17-13-22-9-8-20(17)12-15-5-2-4-14(10-15)11-19/h2,4-5,10,16-18H,3,6-9,12-13H2,1H3. The topological polar surface area (TPSA) is 45.5 Å². The second-order valence-electron chi connectivity index (χ2n) is 6.29. The molecule has 22 heavy (non-hydrogen) atoms. The Kier molecular flexibility index (Phi) is 5.09. The lowest BCUT2D eigenvalue weighted by molar-refractivity contribution is -0.0608. The van der Waals surface area contributed by atoms with Crippen molar-refractivity contribution in [3.8, 4) is 6.07 Å². The largest absolute Gasteiger partial charge is 0.381 e. The van der Waals surface area contributed by atoms with Gasteiger partial charge in [-0.3, -0.25) is 4.90 Å². The van der Waals surface area contributed by atoms with Crippen LogP contribution in [0.25, 0.3) is 0 Å². The molecule has 118 valence electrons. The number of ether oxygens (including phenoxy) is 2. The minimum absolute atomic E-state index is 0.361. The van der Waals surface area contributed by atoms with Gasteiger partial charge in [-0.1, -0.05) is 18.6 Å². The molecule has 0 spiro atoms. The lowest BCUT2D eigenvalue weighted by Gasteiger charge is -2.40. The van der Waals surface area contributed by atoms with Gasteiger partial charge in [0.05, 0.1) is 31.0 Å². The highest BCUT2D eigenvalue weighted by molar-refractivity contribution is 5.32. The van der Waals surface area contributed by atoms with Gasteiger partial charge in [-0.25, -0.2) is 0 Å². The summed E-state index contributed by atoms with van der Waals surface area (Å²) in [4.78, 5) is 2.52. The first-order valence-electron chi connectivity index (χ1n) is 8.15. The molecule has 4 nitrogen and oxygen atoms in total. The molecule has 3 rings (SSSR count). The summed E-state index contributed by atoms with van der Waals surface area (Å²) in [7, 11) is 1.83. The van der Waals surface area contributed by atoms with Crippen LogP contribution < -0.4 is 0 Å². The summed E-state index contributed by atoms with van der Waals surface area (Å²) < 4.78 is 11.4. The number of methoxy groups -OCH3 is 1. The van der Waals surface area contributed by atoms with Crippen LogP contribution in [0.5, 0.6) is 0 Å². The minimum atomic E-state index is 0.361. The van der Waals surface area contributed by atoms with E-state index in [1.54, 1.807) is 0 Å². The van der Waals surface area contributed by atoms with Crippen molar-refractivity contribution in [2.75, 3.05) is 26.9 Å². The van der Waals surface area contributed by atoms with Crippen molar-refractivity contribution in [2.45, 2.75) is 38.0 Å². The zero-order chi connectivity index (χ0) is 15.4. The van der Waals surface area contributed by atoms with E-state index in [2.05, 4.69) is 17.0 Å². The van der Waals surface area contributed by atoms with E-state index >= 15 is 0 Å². The molecular weight excluding hydrogens is 276 g/mol. The average molecular weight is 300 g/mol. The molecule has 1 aliphatic heterocycles. The van der Waals surface area contributed by atoms with Crippen LogP contribution in [-0.2, 0) is 16.0 Å². The van der Waals surface area contributed by atoms with E-state index in [-0.39, 0.29) is 0 Å². The average Bonchev–Trinajstić information content (AvgIpc) is 3.04. The summed E-state index contributed by atoms with van der Waals surface area (Å²) >= 11 is 0. The number of benzene rings is 1. The van der Waals surface area contributed by atoms with Gasteiger partial charge in [-0.2, -0.15) is 5.26 Å². The summed E-state index contributed by atoms with van der Waals surface area (Å²) in [5, 5.41) is 9.06. The van der Waals surface area contributed by atoms with Crippen LogP contribution in [0.15, 0.2) is 24.3 Å². The molecule has 4 heteroatoms. The van der Waals surface area contributed by atoms with Crippen molar-refractivity contribution in [3.63, 3.8) is 0 Å². The molecule has 3 unspecified atom stereocenters. The number of rotatable bonds is 4. The fraction of sp³-hybridized carbons (Fsp3) is 0.611. The van der Waals surface area contributed by atoms with Gasteiger partial charge in [0.25, 0.3) is 0 Å². The highest BCUT2D eigenvalue weighted by Gasteiger charge is 2.38. The first-order valence-corrected chi connectivity index (χ1v) is 8.15. The number of nitriles is 1. The zero-order valence-corrected chi connectivity index (χ0v) is 13.2. The van der Waals surface area contributed by atoms with Gasteiger partial charge in [0.15, 0.2) is 0 Å². The molecule has 1 aromatic rings. The van der Waals surface area contributed by atoms with Crippen molar-refractivity contribution in [2.24, 2.45) is 5.92 Å². The SMILES string of the molecule is COC1CCCC1C1COCCN1Cc1cccc(C#N)c1. The molecule has 0 radical (unpaired) electrons. The monoisotopic (exact) mass is 300 g/mol. The predicted octanol–water partition coefficient (Wildman–Crippen LogP) is 2.57. The van der Waals surface area contributed by atoms with Crippen molar-refractivity contribution in [3.05, 3.63) is 35.4 Å². The van der Waals surface area contributed by atoms with Gasteiger partial charge >= 0.3 is 0 Å². The smallest absolute Gasteiger partial charge is 0.0991 e. The second kappa shape index (κ2) is 7.23. The Morgan fingerprint density at radius 3 is 3.14 bits per heavy atom. The summed E-state index contributed by atoms with van der Waals surface area (Å²) in [6, 6.07) is 10.6. The fourth-order valence-corrected chi connectivity index (χ4v) is 3.91. The van der Waals surface area contributed by atoms with E-state index in [9.17, 15) is 0 Å². The third-order valence-corrected chi connectivity index (χ3v) is 5.02. The third kappa shape index (κ3) is 3.33. The third-order valence-electron chi connectivity index (χ3n) is 5.02. The molecule has 0 bridgehead atoms. The minimum Gasteiger partial charge on any atom is -0.381 e. The van der Waals surface area contributed by atoms with Gasteiger partial charge < -0.3 is 9.47 Å². The molecule has 1 saturated heterocycles. The first kappa shape index (κ1) is 15.5. The Balaban J connectivity index is 1.73. The normalized spacial score (nSPS) is 29.4. The molecule has 2 fully saturated rings. The summed E-state index contributed by atoms with van der Waals surface area (Å²) in [5.41, 5.74) is 1.94. The molecule has 0 aromatic heterocycles. The number of hydrogen-bond acceptors (Lipinski definition) is 4. The van der Waals surface area contributed by atoms with E-state index in [4.69, 9.17) is 14.7 Å². The molecule has 3 atom stereocenters. The Hall–Kier alpha value is -1.41. The van der Waals surface area contributed by atoms with E-state index in [0.29, 0.717) is 18.1 Å². The number of nitrogens with zero attached hydrogens (tertiary/aromatic N) is 2. The second-order valence-corrected chi connectivity index (χ2v) is 6.29. The molecule has 0 N–H and O–H groups in total. The van der Waals surface area contributed by atoms with E-state index < -0.39 is 0 Å². The van der Waals surface area contributed by atoms with Gasteiger partial charge in [-0.05, 0) is 30.5 Å². The zero-order valence-electron chi connectivity index (χ0n) is 13.2. The van der Waals surface area contributed by atoms with E-state index in [1.165, 1.54) is 18.4 Å². The molecule has 1 saturated carbocycles. The van der Waals surface area contributed by atoms with Gasteiger partial charge in [-0.15, -0.1) is 0 Å². The van der Waals surface area contributed by atoms with Crippen LogP contribution in [0.2, 0.25) is 0 Å². The summed E-state index contributed by atoms with van der Waals surface area (Å²) in [6.45, 7) is 3.42. The molecule has 1 aromatic carbocycles. The van der Waals surface area contributed by atoms with Crippen LogP contribution in [0, 0.1) is 17.2 Å². The van der Waals surface area contributed by atoms with Crippen LogP contribution in [0.4, 0.5) is 0 Å². The highest BCUT2D eigenvalue weighted by Crippen LogP contribution is 2.34. The Morgan fingerprint density at radius 2 is 2.32 bits per heavy atom. The van der Waals surface area contributed by atoms with Gasteiger partial charge in [0.2, 0.25) is 0 Å². The molecule has 0 amide bonds. The lowest BCUT2D eigenvalue weighted by atomic mass is 9.93. The summed E-state index contributed by atoms with van der Waals surface area (Å²) in [5.74, 6) is 0.560. The van der Waals surface area contributed by atoms with Crippen molar-refractivity contribution in [1.82, 2.24) is 4.90 Å². The molecular formula is C18H24N2O2.